The number of aromatic nitrogens is 3. The number of carbonyl (C=O) groups is 2. The number of carbonyl (C=O) groups excluding carboxylic acids is 2. The fraction of sp³-hybridized carbons (Fsp3) is 0.342. The maximum atomic E-state index is 14.5. The lowest BCUT2D eigenvalue weighted by Crippen LogP contribution is -2.48. The van der Waals surface area contributed by atoms with Crippen LogP contribution in [0.15, 0.2) is 89.2 Å². The minimum absolute atomic E-state index is 0.136. The smallest absolute Gasteiger partial charge is 0.254 e. The van der Waals surface area contributed by atoms with Crippen molar-refractivity contribution in [2.24, 2.45) is 0 Å². The molecule has 1 fully saturated rings. The number of benzene rings is 2. The summed E-state index contributed by atoms with van der Waals surface area (Å²) < 4.78 is 20.1. The summed E-state index contributed by atoms with van der Waals surface area (Å²) in [5.41, 5.74) is 2.62. The van der Waals surface area contributed by atoms with Gasteiger partial charge in [0, 0.05) is 65.4 Å². The summed E-state index contributed by atoms with van der Waals surface area (Å²) in [6, 6.07) is 15.4. The number of pyridine rings is 1. The van der Waals surface area contributed by atoms with E-state index in [9.17, 15) is 19.1 Å². The molecular formula is C38H41FN6O4S. The number of hydrogen-bond donors (Lipinski definition) is 3. The van der Waals surface area contributed by atoms with Gasteiger partial charge in [-0.2, -0.15) is 0 Å². The standard InChI is InChI=1S/C38H41FN6O4S/c1-24-23-50-36(43-24)32-10-7-12-45(32)37(48)29-17-27(16-28(18-29)35-42-11-13-49-35)34(47)44-31(15-25-8-5-4-6-9-25)33(46)22-41-20-26-14-30(21-40-19-26)38(2,3)39/h4-6,8-9,11,13-14,16-19,21,23,31-33,41,46H,7,10,12,15,20,22H2,1-3H3,(H,44,47)/t31-,32?,33+/m0/s1. The number of halogens is 1. The minimum Gasteiger partial charge on any atom is -0.445 e. The molecule has 50 heavy (non-hydrogen) atoms. The van der Waals surface area contributed by atoms with E-state index in [1.54, 1.807) is 41.8 Å². The summed E-state index contributed by atoms with van der Waals surface area (Å²) in [4.78, 5) is 43.0. The van der Waals surface area contributed by atoms with E-state index in [0.717, 1.165) is 34.7 Å². The summed E-state index contributed by atoms with van der Waals surface area (Å²) in [7, 11) is 0. The van der Waals surface area contributed by atoms with E-state index in [2.05, 4.69) is 25.6 Å². The maximum absolute atomic E-state index is 14.5. The highest BCUT2D eigenvalue weighted by Crippen LogP contribution is 2.35. The second kappa shape index (κ2) is 15.4. The zero-order valence-corrected chi connectivity index (χ0v) is 29.1. The predicted octanol–water partition coefficient (Wildman–Crippen LogP) is 6.18. The molecule has 0 spiro atoms. The van der Waals surface area contributed by atoms with Crippen LogP contribution in [0.2, 0.25) is 0 Å². The summed E-state index contributed by atoms with van der Waals surface area (Å²) in [5.74, 6) is -0.382. The van der Waals surface area contributed by atoms with E-state index in [1.165, 1.54) is 32.5 Å². The molecule has 1 saturated heterocycles. The molecule has 3 N–H and O–H groups in total. The predicted molar refractivity (Wildman–Crippen MR) is 189 cm³/mol. The van der Waals surface area contributed by atoms with Crippen LogP contribution in [0.1, 0.15) is 80.8 Å². The molecule has 6 rings (SSSR count). The number of nitrogens with one attached hydrogen (secondary N) is 2. The Bertz CT molecular complexity index is 1910. The van der Waals surface area contributed by atoms with Crippen molar-refractivity contribution in [2.75, 3.05) is 13.1 Å². The number of nitrogens with zero attached hydrogens (tertiary/aromatic N) is 4. The molecule has 10 nitrogen and oxygen atoms in total. The number of rotatable bonds is 13. The second-order valence-electron chi connectivity index (χ2n) is 13.1. The van der Waals surface area contributed by atoms with Crippen LogP contribution in [0.4, 0.5) is 4.39 Å². The third-order valence-corrected chi connectivity index (χ3v) is 9.86. The van der Waals surface area contributed by atoms with Crippen molar-refractivity contribution in [2.45, 2.75) is 70.4 Å². The second-order valence-corrected chi connectivity index (χ2v) is 14.0. The van der Waals surface area contributed by atoms with Gasteiger partial charge >= 0.3 is 0 Å². The number of aryl methyl sites for hydroxylation is 1. The van der Waals surface area contributed by atoms with Gasteiger partial charge in [-0.3, -0.25) is 14.6 Å². The van der Waals surface area contributed by atoms with Crippen molar-refractivity contribution in [1.29, 1.82) is 0 Å². The Morgan fingerprint density at radius 1 is 1.12 bits per heavy atom. The minimum atomic E-state index is -1.53. The van der Waals surface area contributed by atoms with Gasteiger partial charge in [-0.1, -0.05) is 30.3 Å². The van der Waals surface area contributed by atoms with Gasteiger partial charge in [0.05, 0.1) is 24.4 Å². The molecule has 3 aromatic heterocycles. The average molecular weight is 697 g/mol. The Labute approximate surface area is 294 Å². The van der Waals surface area contributed by atoms with Crippen molar-refractivity contribution in [3.8, 4) is 11.5 Å². The number of hydrogen-bond acceptors (Lipinski definition) is 9. The zero-order chi connectivity index (χ0) is 35.3. The molecule has 2 aromatic carbocycles. The molecule has 0 radical (unpaired) electrons. The van der Waals surface area contributed by atoms with Gasteiger partial charge in [-0.15, -0.1) is 11.3 Å². The number of amides is 2. The highest BCUT2D eigenvalue weighted by molar-refractivity contribution is 7.09. The van der Waals surface area contributed by atoms with Gasteiger partial charge in [0.15, 0.2) is 0 Å². The fourth-order valence-corrected chi connectivity index (χ4v) is 7.09. The van der Waals surface area contributed by atoms with Gasteiger partial charge < -0.3 is 25.1 Å². The Kier molecular flexibility index (Phi) is 10.8. The lowest BCUT2D eigenvalue weighted by atomic mass is 9.99. The Morgan fingerprint density at radius 3 is 2.64 bits per heavy atom. The summed E-state index contributed by atoms with van der Waals surface area (Å²) in [6.07, 6.45) is 7.14. The van der Waals surface area contributed by atoms with Crippen LogP contribution in [0.25, 0.3) is 11.5 Å². The molecule has 1 aliphatic heterocycles. The van der Waals surface area contributed by atoms with Crippen molar-refractivity contribution in [1.82, 2.24) is 30.5 Å². The average Bonchev–Trinajstić information content (AvgIpc) is 3.90. The molecule has 4 heterocycles. The number of oxazole rings is 1. The number of aliphatic hydroxyl groups excluding tert-OH is 1. The van der Waals surface area contributed by atoms with Crippen LogP contribution in [0, 0.1) is 6.92 Å². The van der Waals surface area contributed by atoms with Gasteiger partial charge in [0.2, 0.25) is 5.89 Å². The van der Waals surface area contributed by atoms with Crippen LogP contribution >= 0.6 is 11.3 Å². The molecule has 260 valence electrons. The van der Waals surface area contributed by atoms with Crippen LogP contribution < -0.4 is 10.6 Å². The van der Waals surface area contributed by atoms with Crippen LogP contribution in [0.5, 0.6) is 0 Å². The van der Waals surface area contributed by atoms with Gasteiger partial charge in [0.1, 0.15) is 16.9 Å². The first-order valence-electron chi connectivity index (χ1n) is 16.7. The van der Waals surface area contributed by atoms with Crippen LogP contribution in [-0.2, 0) is 18.6 Å². The SMILES string of the molecule is Cc1csc(C2CCCN2C(=O)c2cc(C(=O)N[C@@H](Cc3ccccc3)[C@H](O)CNCc3cncc(C(C)(C)F)c3)cc(-c3ncco3)c2)n1. The summed E-state index contributed by atoms with van der Waals surface area (Å²) >= 11 is 1.55. The van der Waals surface area contributed by atoms with Crippen molar-refractivity contribution >= 4 is 23.2 Å². The Morgan fingerprint density at radius 2 is 1.92 bits per heavy atom. The third-order valence-electron chi connectivity index (χ3n) is 8.80. The van der Waals surface area contributed by atoms with E-state index < -0.39 is 23.7 Å². The number of likely N-dealkylation sites (tertiary alicyclic amines) is 1. The molecule has 0 bridgehead atoms. The van der Waals surface area contributed by atoms with E-state index >= 15 is 0 Å². The first-order chi connectivity index (χ1) is 24.0. The zero-order valence-electron chi connectivity index (χ0n) is 28.3. The van der Waals surface area contributed by atoms with E-state index in [-0.39, 0.29) is 29.9 Å². The first kappa shape index (κ1) is 35.1. The molecule has 1 unspecified atom stereocenters. The quantitative estimate of drug-likeness (QED) is 0.133. The van der Waals surface area contributed by atoms with Gasteiger partial charge in [-0.05, 0) is 75.4 Å². The maximum Gasteiger partial charge on any atom is 0.254 e. The van der Waals surface area contributed by atoms with E-state index in [1.807, 2.05) is 47.5 Å². The van der Waals surface area contributed by atoms with Crippen molar-refractivity contribution in [3.05, 3.63) is 123 Å². The highest BCUT2D eigenvalue weighted by atomic mass is 32.1. The first-order valence-corrected chi connectivity index (χ1v) is 17.6. The summed E-state index contributed by atoms with van der Waals surface area (Å²) in [6.45, 7) is 5.98. The molecule has 0 saturated carbocycles. The highest BCUT2D eigenvalue weighted by Gasteiger charge is 2.33. The lowest BCUT2D eigenvalue weighted by molar-refractivity contribution is 0.0735. The number of alkyl halides is 1. The molecule has 0 aliphatic carbocycles. The summed E-state index contributed by atoms with van der Waals surface area (Å²) in [5, 5.41) is 20.6. The van der Waals surface area contributed by atoms with Crippen LogP contribution in [0.3, 0.4) is 0 Å². The number of aliphatic hydroxyl groups is 1. The Balaban J connectivity index is 1.23. The molecule has 2 amide bonds. The van der Waals surface area contributed by atoms with Crippen LogP contribution in [-0.4, -0.2) is 62.0 Å². The molecule has 5 aromatic rings. The normalized spacial score (nSPS) is 15.9. The lowest BCUT2D eigenvalue weighted by Gasteiger charge is -2.26. The molecular weight excluding hydrogens is 656 g/mol. The number of thiazole rings is 1. The molecule has 12 heteroatoms. The molecule has 3 atom stereocenters. The fourth-order valence-electron chi connectivity index (χ4n) is 6.15. The van der Waals surface area contributed by atoms with E-state index in [0.29, 0.717) is 36.2 Å². The van der Waals surface area contributed by atoms with E-state index in [4.69, 9.17) is 4.42 Å². The third kappa shape index (κ3) is 8.50. The Hall–Kier alpha value is -4.78. The van der Waals surface area contributed by atoms with Crippen molar-refractivity contribution in [3.63, 3.8) is 0 Å². The van der Waals surface area contributed by atoms with Gasteiger partial charge in [0.25, 0.3) is 11.8 Å². The largest absolute Gasteiger partial charge is 0.445 e. The monoisotopic (exact) mass is 696 g/mol. The van der Waals surface area contributed by atoms with Gasteiger partial charge in [-0.25, -0.2) is 14.4 Å². The van der Waals surface area contributed by atoms with Crippen molar-refractivity contribution < 1.29 is 23.5 Å². The topological polar surface area (TPSA) is 133 Å². The molecule has 1 aliphatic rings.